The Morgan fingerprint density at radius 3 is 2.30 bits per heavy atom. The molecule has 0 unspecified atom stereocenters. The van der Waals surface area contributed by atoms with Gasteiger partial charge in [-0.15, -0.1) is 0 Å². The maximum atomic E-state index is 15.1. The minimum atomic E-state index is -4.84. The van der Waals surface area contributed by atoms with Crippen LogP contribution in [0.2, 0.25) is 5.02 Å². The van der Waals surface area contributed by atoms with Crippen LogP contribution < -0.4 is 0 Å². The molecule has 37 heavy (non-hydrogen) atoms. The molecule has 4 rings (SSSR count). The number of carbonyl (C=O) groups is 1. The Labute approximate surface area is 217 Å². The summed E-state index contributed by atoms with van der Waals surface area (Å²) in [5.74, 6) is -1.85. The second-order valence-corrected chi connectivity index (χ2v) is 11.9. The summed E-state index contributed by atoms with van der Waals surface area (Å²) in [6, 6.07) is 11.5. The first-order valence-corrected chi connectivity index (χ1v) is 13.8. The van der Waals surface area contributed by atoms with Gasteiger partial charge in [-0.1, -0.05) is 41.9 Å². The topological polar surface area (TPSA) is 59.4 Å². The molecule has 0 bridgehead atoms. The molecule has 0 spiro atoms. The first kappa shape index (κ1) is 27.2. The quantitative estimate of drug-likeness (QED) is 0.364. The standard InChI is InChI=1S/C26H25ClF4N2O3S/c1-16-22(20-9-8-18(27)14-21(20)28)23(25(34)32(2)19-10-12-37(35,36)13-11-19)33(24(16)26(29,30)31)15-17-6-4-3-5-7-17/h3-9,14,19H,10-13,15H2,1-2H3. The van der Waals surface area contributed by atoms with Crippen LogP contribution in [-0.2, 0) is 22.6 Å². The molecular weight excluding hydrogens is 532 g/mol. The lowest BCUT2D eigenvalue weighted by Gasteiger charge is -2.32. The SMILES string of the molecule is Cc1c(-c2ccc(Cl)cc2F)c(C(=O)N(C)C2CCS(=O)(=O)CC2)n(Cc2ccccc2)c1C(F)(F)F. The van der Waals surface area contributed by atoms with Crippen LogP contribution in [0.5, 0.6) is 0 Å². The van der Waals surface area contributed by atoms with E-state index in [1.54, 1.807) is 30.3 Å². The fourth-order valence-electron chi connectivity index (χ4n) is 4.88. The number of sulfone groups is 1. The molecule has 0 aliphatic carbocycles. The van der Waals surface area contributed by atoms with E-state index < -0.39 is 39.5 Å². The Hall–Kier alpha value is -2.85. The molecule has 1 aliphatic heterocycles. The molecule has 1 fully saturated rings. The average Bonchev–Trinajstić information content (AvgIpc) is 3.10. The number of carbonyl (C=O) groups excluding carboxylic acids is 1. The van der Waals surface area contributed by atoms with Crippen molar-refractivity contribution in [2.75, 3.05) is 18.6 Å². The lowest BCUT2D eigenvalue weighted by atomic mass is 9.99. The average molecular weight is 557 g/mol. The van der Waals surface area contributed by atoms with Gasteiger partial charge in [-0.3, -0.25) is 4.79 Å². The van der Waals surface area contributed by atoms with Crippen LogP contribution in [0.15, 0.2) is 48.5 Å². The molecule has 2 aromatic carbocycles. The highest BCUT2D eigenvalue weighted by atomic mass is 35.5. The molecule has 11 heteroatoms. The zero-order valence-electron chi connectivity index (χ0n) is 20.1. The van der Waals surface area contributed by atoms with E-state index in [9.17, 15) is 26.4 Å². The fraction of sp³-hybridized carbons (Fsp3) is 0.346. The summed E-state index contributed by atoms with van der Waals surface area (Å²) in [4.78, 5) is 15.2. The van der Waals surface area contributed by atoms with Gasteiger partial charge in [0.05, 0.1) is 11.5 Å². The van der Waals surface area contributed by atoms with E-state index in [1.165, 1.54) is 31.0 Å². The Morgan fingerprint density at radius 1 is 1.11 bits per heavy atom. The van der Waals surface area contributed by atoms with E-state index in [0.29, 0.717) is 5.56 Å². The summed E-state index contributed by atoms with van der Waals surface area (Å²) in [5, 5.41) is 0.0621. The van der Waals surface area contributed by atoms with Crippen molar-refractivity contribution in [3.63, 3.8) is 0 Å². The minimum Gasteiger partial charge on any atom is -0.337 e. The van der Waals surface area contributed by atoms with Crippen molar-refractivity contribution in [1.29, 1.82) is 0 Å². The van der Waals surface area contributed by atoms with Crippen molar-refractivity contribution in [3.8, 4) is 11.1 Å². The van der Waals surface area contributed by atoms with Gasteiger partial charge >= 0.3 is 6.18 Å². The molecular formula is C26H25ClF4N2O3S. The summed E-state index contributed by atoms with van der Waals surface area (Å²) in [6.45, 7) is 0.942. The molecule has 1 aromatic heterocycles. The molecule has 3 aromatic rings. The Bertz CT molecular complexity index is 1420. The van der Waals surface area contributed by atoms with E-state index in [2.05, 4.69) is 0 Å². The number of alkyl halides is 3. The number of halogens is 5. The molecule has 1 amide bonds. The van der Waals surface area contributed by atoms with Gasteiger partial charge in [0.25, 0.3) is 5.91 Å². The third kappa shape index (κ3) is 5.55. The van der Waals surface area contributed by atoms with Gasteiger partial charge in [-0.2, -0.15) is 13.2 Å². The number of nitrogens with zero attached hydrogens (tertiary/aromatic N) is 2. The molecule has 0 radical (unpaired) electrons. The van der Waals surface area contributed by atoms with Crippen molar-refractivity contribution in [3.05, 3.63) is 81.9 Å². The van der Waals surface area contributed by atoms with Crippen LogP contribution >= 0.6 is 11.6 Å². The highest BCUT2D eigenvalue weighted by Gasteiger charge is 2.42. The van der Waals surface area contributed by atoms with E-state index in [1.807, 2.05) is 0 Å². The van der Waals surface area contributed by atoms with Crippen molar-refractivity contribution in [2.24, 2.45) is 0 Å². The van der Waals surface area contributed by atoms with E-state index >= 15 is 4.39 Å². The molecule has 1 aliphatic rings. The summed E-state index contributed by atoms with van der Waals surface area (Å²) in [7, 11) is -1.79. The summed E-state index contributed by atoms with van der Waals surface area (Å²) >= 11 is 5.89. The third-order valence-electron chi connectivity index (χ3n) is 6.75. The number of benzene rings is 2. The minimum absolute atomic E-state index is 0.0621. The predicted octanol–water partition coefficient (Wildman–Crippen LogP) is 5.97. The third-order valence-corrected chi connectivity index (χ3v) is 8.70. The van der Waals surface area contributed by atoms with Crippen LogP contribution in [0.25, 0.3) is 11.1 Å². The normalized spacial score (nSPS) is 16.1. The van der Waals surface area contributed by atoms with Crippen molar-refractivity contribution in [2.45, 2.75) is 38.5 Å². The smallest absolute Gasteiger partial charge is 0.337 e. The second kappa shape index (κ2) is 10.1. The zero-order chi connectivity index (χ0) is 27.1. The van der Waals surface area contributed by atoms with Gasteiger partial charge in [0.1, 0.15) is 27.0 Å². The van der Waals surface area contributed by atoms with Gasteiger partial charge in [0, 0.05) is 35.8 Å². The molecule has 2 heterocycles. The number of rotatable bonds is 5. The highest BCUT2D eigenvalue weighted by molar-refractivity contribution is 7.91. The number of hydrogen-bond donors (Lipinski definition) is 0. The van der Waals surface area contributed by atoms with Gasteiger partial charge < -0.3 is 9.47 Å². The molecule has 5 nitrogen and oxygen atoms in total. The monoisotopic (exact) mass is 556 g/mol. The maximum Gasteiger partial charge on any atom is 0.431 e. The van der Waals surface area contributed by atoms with E-state index in [-0.39, 0.29) is 58.3 Å². The Morgan fingerprint density at radius 2 is 1.73 bits per heavy atom. The Kier molecular flexibility index (Phi) is 7.45. The van der Waals surface area contributed by atoms with Crippen molar-refractivity contribution < 1.29 is 30.8 Å². The zero-order valence-corrected chi connectivity index (χ0v) is 21.7. The van der Waals surface area contributed by atoms with Gasteiger partial charge in [0.2, 0.25) is 0 Å². The first-order valence-electron chi connectivity index (χ1n) is 11.6. The number of aromatic nitrogens is 1. The maximum absolute atomic E-state index is 15.1. The molecule has 1 saturated heterocycles. The van der Waals surface area contributed by atoms with Crippen molar-refractivity contribution >= 4 is 27.3 Å². The van der Waals surface area contributed by atoms with Crippen molar-refractivity contribution in [1.82, 2.24) is 9.47 Å². The highest BCUT2D eigenvalue weighted by Crippen LogP contribution is 2.43. The van der Waals surface area contributed by atoms with E-state index in [0.717, 1.165) is 10.6 Å². The van der Waals surface area contributed by atoms with Gasteiger partial charge in [0.15, 0.2) is 0 Å². The van der Waals surface area contributed by atoms with E-state index in [4.69, 9.17) is 11.6 Å². The molecule has 0 atom stereocenters. The lowest BCUT2D eigenvalue weighted by molar-refractivity contribution is -0.143. The first-order chi connectivity index (χ1) is 17.3. The molecule has 0 N–H and O–H groups in total. The lowest BCUT2D eigenvalue weighted by Crippen LogP contribution is -2.43. The fourth-order valence-corrected chi connectivity index (χ4v) is 6.50. The summed E-state index contributed by atoms with van der Waals surface area (Å²) in [5.41, 5.74) is -1.48. The van der Waals surface area contributed by atoms with Crippen LogP contribution in [0.1, 0.15) is 40.2 Å². The second-order valence-electron chi connectivity index (χ2n) is 9.19. The van der Waals surface area contributed by atoms with Crippen LogP contribution in [0, 0.1) is 12.7 Å². The van der Waals surface area contributed by atoms with Crippen LogP contribution in [0.4, 0.5) is 17.6 Å². The van der Waals surface area contributed by atoms with Gasteiger partial charge in [-0.25, -0.2) is 12.8 Å². The number of hydrogen-bond acceptors (Lipinski definition) is 3. The molecule has 0 saturated carbocycles. The van der Waals surface area contributed by atoms with Crippen LogP contribution in [-0.4, -0.2) is 48.4 Å². The predicted molar refractivity (Wildman–Crippen MR) is 134 cm³/mol. The summed E-state index contributed by atoms with van der Waals surface area (Å²) < 4.78 is 83.2. The summed E-state index contributed by atoms with van der Waals surface area (Å²) in [6.07, 6.45) is -4.51. The largest absolute Gasteiger partial charge is 0.431 e. The Balaban J connectivity index is 1.95. The van der Waals surface area contributed by atoms with Crippen LogP contribution in [0.3, 0.4) is 0 Å². The molecule has 198 valence electrons. The van der Waals surface area contributed by atoms with Gasteiger partial charge in [-0.05, 0) is 49.1 Å². The number of amides is 1.